The van der Waals surface area contributed by atoms with E-state index in [4.69, 9.17) is 4.99 Å². The summed E-state index contributed by atoms with van der Waals surface area (Å²) in [7, 11) is 0. The maximum Gasteiger partial charge on any atom is 0.321 e. The first-order valence-corrected chi connectivity index (χ1v) is 13.8. The molecular weight excluding hydrogens is 517 g/mol. The molecule has 1 aliphatic heterocycles. The minimum Gasteiger partial charge on any atom is -0.308 e. The number of aliphatic imine (C=N–C) groups is 1. The molecule has 0 spiro atoms. The van der Waals surface area contributed by atoms with Gasteiger partial charge in [0, 0.05) is 23.0 Å². The van der Waals surface area contributed by atoms with Crippen molar-refractivity contribution >= 4 is 29.0 Å². The zero-order valence-corrected chi connectivity index (χ0v) is 22.7. The summed E-state index contributed by atoms with van der Waals surface area (Å²) in [5.74, 6) is -0.901. The van der Waals surface area contributed by atoms with Crippen molar-refractivity contribution in [3.05, 3.63) is 124 Å². The highest BCUT2D eigenvalue weighted by molar-refractivity contribution is 6.20. The van der Waals surface area contributed by atoms with Gasteiger partial charge in [0.25, 0.3) is 5.91 Å². The molecule has 2 aliphatic rings. The SMILES string of the molecule is Cc1cccc(NC(=O)N[C@@H]2N=C(c3ccccc3F)c3ccccc3N(Cc3nccc4c3CCCC4)C2=O)c1. The molecule has 206 valence electrons. The summed E-state index contributed by atoms with van der Waals surface area (Å²) < 4.78 is 15.2. The van der Waals surface area contributed by atoms with E-state index in [1.807, 2.05) is 49.4 Å². The average Bonchev–Trinajstić information content (AvgIpc) is 3.08. The molecule has 0 fully saturated rings. The molecule has 1 atom stereocenters. The third-order valence-electron chi connectivity index (χ3n) is 7.55. The average molecular weight is 548 g/mol. The van der Waals surface area contributed by atoms with E-state index < -0.39 is 23.9 Å². The molecule has 0 radical (unpaired) electrons. The smallest absolute Gasteiger partial charge is 0.308 e. The minimum absolute atomic E-state index is 0.205. The van der Waals surface area contributed by atoms with Crippen LogP contribution in [0.25, 0.3) is 0 Å². The van der Waals surface area contributed by atoms with Crippen LogP contribution in [0.1, 0.15) is 46.4 Å². The third kappa shape index (κ3) is 5.45. The van der Waals surface area contributed by atoms with Gasteiger partial charge in [0.15, 0.2) is 0 Å². The van der Waals surface area contributed by atoms with Gasteiger partial charge in [-0.05, 0) is 85.7 Å². The molecule has 0 bridgehead atoms. The molecule has 3 amide bonds. The predicted molar refractivity (Wildman–Crippen MR) is 158 cm³/mol. The van der Waals surface area contributed by atoms with Crippen molar-refractivity contribution in [1.29, 1.82) is 0 Å². The van der Waals surface area contributed by atoms with Gasteiger partial charge in [0.2, 0.25) is 6.17 Å². The number of rotatable bonds is 5. The van der Waals surface area contributed by atoms with Gasteiger partial charge in [-0.3, -0.25) is 9.78 Å². The summed E-state index contributed by atoms with van der Waals surface area (Å²) >= 11 is 0. The van der Waals surface area contributed by atoms with Crippen LogP contribution >= 0.6 is 0 Å². The van der Waals surface area contributed by atoms with Crippen molar-refractivity contribution in [3.63, 3.8) is 0 Å². The Hall–Kier alpha value is -4.85. The van der Waals surface area contributed by atoms with Gasteiger partial charge < -0.3 is 15.5 Å². The third-order valence-corrected chi connectivity index (χ3v) is 7.55. The van der Waals surface area contributed by atoms with Gasteiger partial charge in [-0.15, -0.1) is 0 Å². The molecule has 1 aromatic heterocycles. The van der Waals surface area contributed by atoms with E-state index in [0.29, 0.717) is 22.6 Å². The molecule has 2 N–H and O–H groups in total. The first kappa shape index (κ1) is 26.4. The van der Waals surface area contributed by atoms with Crippen LogP contribution in [0, 0.1) is 12.7 Å². The number of amides is 3. The van der Waals surface area contributed by atoms with Crippen LogP contribution in [0.3, 0.4) is 0 Å². The number of hydrogen-bond acceptors (Lipinski definition) is 4. The number of aromatic nitrogens is 1. The number of benzodiazepines with no additional fused rings is 1. The second-order valence-corrected chi connectivity index (χ2v) is 10.4. The number of halogens is 1. The largest absolute Gasteiger partial charge is 0.321 e. The molecular formula is C33H30FN5O2. The van der Waals surface area contributed by atoms with E-state index in [9.17, 15) is 9.59 Å². The molecule has 3 aromatic carbocycles. The van der Waals surface area contributed by atoms with Crippen LogP contribution in [0.2, 0.25) is 0 Å². The first-order valence-electron chi connectivity index (χ1n) is 13.8. The van der Waals surface area contributed by atoms with Crippen molar-refractivity contribution in [2.45, 2.75) is 45.3 Å². The number of nitrogens with zero attached hydrogens (tertiary/aromatic N) is 3. The van der Waals surface area contributed by atoms with Crippen molar-refractivity contribution in [2.24, 2.45) is 4.99 Å². The molecule has 1 aliphatic carbocycles. The van der Waals surface area contributed by atoms with Crippen LogP contribution in [-0.2, 0) is 24.2 Å². The Kier molecular flexibility index (Phi) is 7.29. The number of carbonyl (C=O) groups is 2. The Bertz CT molecular complexity index is 1670. The van der Waals surface area contributed by atoms with E-state index >= 15 is 4.39 Å². The molecule has 6 rings (SSSR count). The highest BCUT2D eigenvalue weighted by Gasteiger charge is 2.34. The summed E-state index contributed by atoms with van der Waals surface area (Å²) in [4.78, 5) is 38.4. The lowest BCUT2D eigenvalue weighted by molar-refractivity contribution is -0.120. The number of anilines is 2. The number of nitrogens with one attached hydrogen (secondary N) is 2. The lowest BCUT2D eigenvalue weighted by Gasteiger charge is -2.27. The van der Waals surface area contributed by atoms with Gasteiger partial charge in [0.1, 0.15) is 5.82 Å². The molecule has 7 nitrogen and oxygen atoms in total. The quantitative estimate of drug-likeness (QED) is 0.324. The number of urea groups is 1. The van der Waals surface area contributed by atoms with E-state index in [1.54, 1.807) is 35.4 Å². The number of pyridine rings is 1. The van der Waals surface area contributed by atoms with E-state index in [0.717, 1.165) is 36.9 Å². The van der Waals surface area contributed by atoms with Crippen molar-refractivity contribution in [2.75, 3.05) is 10.2 Å². The second kappa shape index (κ2) is 11.3. The zero-order valence-electron chi connectivity index (χ0n) is 22.7. The first-order chi connectivity index (χ1) is 20.0. The monoisotopic (exact) mass is 547 g/mol. The normalized spacial score (nSPS) is 16.2. The van der Waals surface area contributed by atoms with Gasteiger partial charge in [-0.2, -0.15) is 0 Å². The molecule has 2 heterocycles. The molecule has 0 saturated carbocycles. The number of para-hydroxylation sites is 1. The minimum atomic E-state index is -1.30. The predicted octanol–water partition coefficient (Wildman–Crippen LogP) is 5.94. The maximum absolute atomic E-state index is 15.2. The molecule has 41 heavy (non-hydrogen) atoms. The number of carbonyl (C=O) groups excluding carboxylic acids is 2. The van der Waals surface area contributed by atoms with Crippen LogP contribution in [0.5, 0.6) is 0 Å². The van der Waals surface area contributed by atoms with Crippen molar-refractivity contribution in [3.8, 4) is 0 Å². The van der Waals surface area contributed by atoms with Gasteiger partial charge in [-0.1, -0.05) is 42.5 Å². The van der Waals surface area contributed by atoms with Gasteiger partial charge in [0.05, 0.1) is 23.6 Å². The number of benzene rings is 3. The second-order valence-electron chi connectivity index (χ2n) is 10.4. The van der Waals surface area contributed by atoms with Crippen molar-refractivity contribution < 1.29 is 14.0 Å². The Labute approximate surface area is 238 Å². The van der Waals surface area contributed by atoms with Gasteiger partial charge >= 0.3 is 6.03 Å². The Balaban J connectivity index is 1.43. The highest BCUT2D eigenvalue weighted by atomic mass is 19.1. The van der Waals surface area contributed by atoms with Crippen LogP contribution < -0.4 is 15.5 Å². The lowest BCUT2D eigenvalue weighted by atomic mass is 9.91. The Morgan fingerprint density at radius 2 is 1.76 bits per heavy atom. The number of fused-ring (bicyclic) bond motifs is 2. The standard InChI is InChI=1S/C33H30FN5O2/c1-21-9-8-11-23(19-21)36-33(41)38-31-32(40)39(20-28-24-12-3-2-10-22(24)17-18-35-28)29-16-7-5-14-26(29)30(37-31)25-13-4-6-15-27(25)34/h4-9,11,13-19,31H,2-3,10,12,20H2,1H3,(H2,36,38,41)/t31-/m0/s1. The maximum atomic E-state index is 15.2. The van der Waals surface area contributed by atoms with Crippen LogP contribution in [-0.4, -0.2) is 28.8 Å². The van der Waals surface area contributed by atoms with E-state index in [2.05, 4.69) is 21.7 Å². The van der Waals surface area contributed by atoms with Crippen LogP contribution in [0.4, 0.5) is 20.6 Å². The highest BCUT2D eigenvalue weighted by Crippen LogP contribution is 2.32. The topological polar surface area (TPSA) is 86.7 Å². The molecule has 0 saturated heterocycles. The summed E-state index contributed by atoms with van der Waals surface area (Å²) in [6, 6.07) is 22.5. The summed E-state index contributed by atoms with van der Waals surface area (Å²) in [5.41, 5.74) is 6.53. The summed E-state index contributed by atoms with van der Waals surface area (Å²) in [6.45, 7) is 2.13. The fraction of sp³-hybridized carbons (Fsp3) is 0.212. The molecule has 4 aromatic rings. The molecule has 8 heteroatoms. The number of hydrogen-bond donors (Lipinski definition) is 2. The van der Waals surface area contributed by atoms with Crippen LogP contribution in [0.15, 0.2) is 90.1 Å². The number of aryl methyl sites for hydroxylation is 2. The zero-order chi connectivity index (χ0) is 28.3. The van der Waals surface area contributed by atoms with E-state index in [1.165, 1.54) is 17.2 Å². The summed E-state index contributed by atoms with van der Waals surface area (Å²) in [6.07, 6.45) is 4.57. The Morgan fingerprint density at radius 3 is 2.59 bits per heavy atom. The summed E-state index contributed by atoms with van der Waals surface area (Å²) in [5, 5.41) is 5.52. The van der Waals surface area contributed by atoms with E-state index in [-0.39, 0.29) is 12.1 Å². The fourth-order valence-corrected chi connectivity index (χ4v) is 5.59. The lowest BCUT2D eigenvalue weighted by Crippen LogP contribution is -2.48. The molecule has 0 unspecified atom stereocenters. The van der Waals surface area contributed by atoms with Gasteiger partial charge in [-0.25, -0.2) is 14.2 Å². The Morgan fingerprint density at radius 1 is 0.976 bits per heavy atom. The van der Waals surface area contributed by atoms with Crippen molar-refractivity contribution in [1.82, 2.24) is 10.3 Å². The fourth-order valence-electron chi connectivity index (χ4n) is 5.59.